The highest BCUT2D eigenvalue weighted by Crippen LogP contribution is 2.23. The van der Waals surface area contributed by atoms with Crippen molar-refractivity contribution in [1.82, 2.24) is 0 Å². The summed E-state index contributed by atoms with van der Waals surface area (Å²) in [5.74, 6) is 0.903. The van der Waals surface area contributed by atoms with Crippen LogP contribution < -0.4 is 10.1 Å². The van der Waals surface area contributed by atoms with E-state index < -0.39 is 0 Å². The van der Waals surface area contributed by atoms with Crippen LogP contribution >= 0.6 is 15.9 Å². The van der Waals surface area contributed by atoms with Crippen LogP contribution in [0.2, 0.25) is 0 Å². The third kappa shape index (κ3) is 4.27. The van der Waals surface area contributed by atoms with Crippen molar-refractivity contribution in [3.8, 4) is 5.75 Å². The van der Waals surface area contributed by atoms with E-state index in [-0.39, 0.29) is 12.1 Å². The van der Waals surface area contributed by atoms with Gasteiger partial charge in [-0.2, -0.15) is 0 Å². The third-order valence-electron chi connectivity index (χ3n) is 2.96. The summed E-state index contributed by atoms with van der Waals surface area (Å²) in [4.78, 5) is 0. The second-order valence-corrected chi connectivity index (χ2v) is 6.03. The Kier molecular flexibility index (Phi) is 5.07. The molecule has 1 N–H and O–H groups in total. The highest BCUT2D eigenvalue weighted by molar-refractivity contribution is 9.10. The van der Waals surface area contributed by atoms with E-state index in [4.69, 9.17) is 4.74 Å². The number of nitrogens with one attached hydrogen (secondary N) is 1. The maximum absolute atomic E-state index is 5.64. The summed E-state index contributed by atoms with van der Waals surface area (Å²) in [5.41, 5.74) is 2.34. The smallest absolute Gasteiger partial charge is 0.119 e. The molecule has 0 saturated heterocycles. The number of benzene rings is 2. The highest BCUT2D eigenvalue weighted by Gasteiger charge is 2.06. The Morgan fingerprint density at radius 3 is 2.30 bits per heavy atom. The maximum Gasteiger partial charge on any atom is 0.119 e. The number of hydrogen-bond donors (Lipinski definition) is 1. The van der Waals surface area contributed by atoms with Gasteiger partial charge in [-0.25, -0.2) is 0 Å². The Bertz CT molecular complexity index is 551. The van der Waals surface area contributed by atoms with Crippen LogP contribution in [0.1, 0.15) is 32.4 Å². The Morgan fingerprint density at radius 2 is 1.70 bits per heavy atom. The normalized spacial score (nSPS) is 12.2. The van der Waals surface area contributed by atoms with Gasteiger partial charge in [0.2, 0.25) is 0 Å². The molecule has 106 valence electrons. The fourth-order valence-electron chi connectivity index (χ4n) is 2.01. The zero-order valence-electron chi connectivity index (χ0n) is 12.1. The molecule has 20 heavy (non-hydrogen) atoms. The fourth-order valence-corrected chi connectivity index (χ4v) is 2.43. The Balaban J connectivity index is 2.02. The van der Waals surface area contributed by atoms with Gasteiger partial charge >= 0.3 is 0 Å². The zero-order valence-corrected chi connectivity index (χ0v) is 13.6. The number of ether oxygens (including phenoxy) is 1. The quantitative estimate of drug-likeness (QED) is 0.789. The van der Waals surface area contributed by atoms with Crippen molar-refractivity contribution >= 4 is 21.6 Å². The Hall–Kier alpha value is -1.48. The van der Waals surface area contributed by atoms with Crippen LogP contribution in [0, 0.1) is 0 Å². The molecule has 0 saturated carbocycles. The topological polar surface area (TPSA) is 21.3 Å². The molecule has 3 heteroatoms. The molecule has 0 aliphatic heterocycles. The molecule has 0 fully saturated rings. The van der Waals surface area contributed by atoms with Crippen molar-refractivity contribution < 1.29 is 4.74 Å². The molecule has 0 aliphatic rings. The van der Waals surface area contributed by atoms with Crippen LogP contribution in [0.4, 0.5) is 5.69 Å². The lowest BCUT2D eigenvalue weighted by molar-refractivity contribution is 0.242. The molecule has 2 nitrogen and oxygen atoms in total. The number of anilines is 1. The van der Waals surface area contributed by atoms with Crippen LogP contribution in [-0.4, -0.2) is 6.10 Å². The van der Waals surface area contributed by atoms with Crippen LogP contribution in [-0.2, 0) is 0 Å². The molecule has 0 radical (unpaired) electrons. The molecular weight excluding hydrogens is 314 g/mol. The first-order chi connectivity index (χ1) is 9.54. The van der Waals surface area contributed by atoms with Gasteiger partial charge in [-0.3, -0.25) is 0 Å². The molecule has 1 unspecified atom stereocenters. The lowest BCUT2D eigenvalue weighted by Crippen LogP contribution is -2.07. The van der Waals surface area contributed by atoms with Gasteiger partial charge in [0.05, 0.1) is 6.10 Å². The summed E-state index contributed by atoms with van der Waals surface area (Å²) in [7, 11) is 0. The predicted octanol–water partition coefficient (Wildman–Crippen LogP) is 5.41. The van der Waals surface area contributed by atoms with Gasteiger partial charge in [0, 0.05) is 16.2 Å². The number of hydrogen-bond acceptors (Lipinski definition) is 2. The molecular formula is C17H20BrNO. The minimum Gasteiger partial charge on any atom is -0.491 e. The largest absolute Gasteiger partial charge is 0.491 e. The van der Waals surface area contributed by atoms with Gasteiger partial charge in [0.1, 0.15) is 5.75 Å². The lowest BCUT2D eigenvalue weighted by Gasteiger charge is -2.17. The van der Waals surface area contributed by atoms with Gasteiger partial charge < -0.3 is 10.1 Å². The van der Waals surface area contributed by atoms with Gasteiger partial charge in [-0.15, -0.1) is 0 Å². The molecule has 0 aromatic heterocycles. The summed E-state index contributed by atoms with van der Waals surface area (Å²) < 4.78 is 6.74. The second kappa shape index (κ2) is 6.80. The van der Waals surface area contributed by atoms with E-state index in [0.717, 1.165) is 15.9 Å². The van der Waals surface area contributed by atoms with Crippen molar-refractivity contribution in [2.24, 2.45) is 0 Å². The second-order valence-electron chi connectivity index (χ2n) is 5.11. The standard InChI is InChI=1S/C17H20BrNO/c1-12(2)20-17-9-7-16(8-10-17)19-13(3)14-5-4-6-15(18)11-14/h4-13,19H,1-3H3. The first-order valence-electron chi connectivity index (χ1n) is 6.83. The molecule has 0 bridgehead atoms. The number of rotatable bonds is 5. The Labute approximate surface area is 129 Å². The molecule has 0 amide bonds. The van der Waals surface area contributed by atoms with Gasteiger partial charge in [-0.05, 0) is 62.7 Å². The SMILES string of the molecule is CC(C)Oc1ccc(NC(C)c2cccc(Br)c2)cc1. The molecule has 2 aromatic rings. The van der Waals surface area contributed by atoms with Crippen LogP contribution in [0.15, 0.2) is 53.0 Å². The van der Waals surface area contributed by atoms with Gasteiger partial charge in [0.25, 0.3) is 0 Å². The van der Waals surface area contributed by atoms with Crippen LogP contribution in [0.3, 0.4) is 0 Å². The van der Waals surface area contributed by atoms with E-state index in [1.165, 1.54) is 5.56 Å². The minimum atomic E-state index is 0.203. The van der Waals surface area contributed by atoms with E-state index in [0.29, 0.717) is 0 Å². The first-order valence-corrected chi connectivity index (χ1v) is 7.62. The van der Waals surface area contributed by atoms with Crippen molar-refractivity contribution in [3.05, 3.63) is 58.6 Å². The van der Waals surface area contributed by atoms with Crippen LogP contribution in [0.25, 0.3) is 0 Å². The van der Waals surface area contributed by atoms with Crippen molar-refractivity contribution in [1.29, 1.82) is 0 Å². The summed E-state index contributed by atoms with van der Waals surface area (Å²) >= 11 is 3.50. The number of halogens is 1. The van der Waals surface area contributed by atoms with Crippen molar-refractivity contribution in [3.63, 3.8) is 0 Å². The third-order valence-corrected chi connectivity index (χ3v) is 3.45. The summed E-state index contributed by atoms with van der Waals surface area (Å²) in [5, 5.41) is 3.49. The van der Waals surface area contributed by atoms with Gasteiger partial charge in [-0.1, -0.05) is 28.1 Å². The van der Waals surface area contributed by atoms with E-state index in [2.05, 4.69) is 46.4 Å². The molecule has 2 aromatic carbocycles. The average Bonchev–Trinajstić information content (AvgIpc) is 2.40. The average molecular weight is 334 g/mol. The van der Waals surface area contributed by atoms with Gasteiger partial charge in [0.15, 0.2) is 0 Å². The monoisotopic (exact) mass is 333 g/mol. The molecule has 0 spiro atoms. The molecule has 1 atom stereocenters. The van der Waals surface area contributed by atoms with Crippen molar-refractivity contribution in [2.75, 3.05) is 5.32 Å². The van der Waals surface area contributed by atoms with E-state index >= 15 is 0 Å². The molecule has 2 rings (SSSR count). The van der Waals surface area contributed by atoms with Crippen LogP contribution in [0.5, 0.6) is 5.75 Å². The van der Waals surface area contributed by atoms with E-state index in [1.54, 1.807) is 0 Å². The maximum atomic E-state index is 5.64. The van der Waals surface area contributed by atoms with Crippen molar-refractivity contribution in [2.45, 2.75) is 32.9 Å². The predicted molar refractivity (Wildman–Crippen MR) is 88.4 cm³/mol. The summed E-state index contributed by atoms with van der Waals surface area (Å²) in [6.07, 6.45) is 0.203. The minimum absolute atomic E-state index is 0.203. The highest BCUT2D eigenvalue weighted by atomic mass is 79.9. The van der Waals surface area contributed by atoms with E-state index in [9.17, 15) is 0 Å². The summed E-state index contributed by atoms with van der Waals surface area (Å²) in [6.45, 7) is 6.21. The first kappa shape index (κ1) is 14.9. The fraction of sp³-hybridized carbons (Fsp3) is 0.294. The Morgan fingerprint density at radius 1 is 1.00 bits per heavy atom. The summed E-state index contributed by atoms with van der Waals surface area (Å²) in [6, 6.07) is 16.7. The van der Waals surface area contributed by atoms with E-state index in [1.807, 2.05) is 44.2 Å². The molecule has 0 aliphatic carbocycles. The zero-order chi connectivity index (χ0) is 14.5. The molecule has 0 heterocycles. The lowest BCUT2D eigenvalue weighted by atomic mass is 10.1.